The molecule has 25 heavy (non-hydrogen) atoms. The van der Waals surface area contributed by atoms with Crippen molar-refractivity contribution in [3.8, 4) is 5.75 Å². The number of hydrogen-bond acceptors (Lipinski definition) is 3. The van der Waals surface area contributed by atoms with Crippen LogP contribution in [-0.4, -0.2) is 25.1 Å². The lowest BCUT2D eigenvalue weighted by Gasteiger charge is -2.28. The largest absolute Gasteiger partial charge is 0.494 e. The first kappa shape index (κ1) is 19.7. The number of halogens is 2. The highest BCUT2D eigenvalue weighted by Gasteiger charge is 2.26. The van der Waals surface area contributed by atoms with Gasteiger partial charge in [-0.25, -0.2) is 4.79 Å². The number of benzene rings is 1. The van der Waals surface area contributed by atoms with Crippen LogP contribution in [-0.2, 0) is 16.0 Å². The van der Waals surface area contributed by atoms with Crippen molar-refractivity contribution >= 4 is 5.97 Å². The molecule has 1 aromatic carbocycles. The molecule has 5 heteroatoms. The highest BCUT2D eigenvalue weighted by atomic mass is 19.3. The molecule has 0 radical (unpaired) electrons. The summed E-state index contributed by atoms with van der Waals surface area (Å²) >= 11 is 0. The smallest absolute Gasteiger partial charge is 0.374 e. The molecule has 1 aromatic rings. The number of carbonyl (C=O) groups excluding carboxylic acids is 1. The minimum Gasteiger partial charge on any atom is -0.494 e. The van der Waals surface area contributed by atoms with Gasteiger partial charge in [-0.05, 0) is 68.6 Å². The van der Waals surface area contributed by atoms with Crippen LogP contribution < -0.4 is 4.74 Å². The molecule has 140 valence electrons. The summed E-state index contributed by atoms with van der Waals surface area (Å²) in [5, 5.41) is 0. The Morgan fingerprint density at radius 2 is 1.84 bits per heavy atom. The second-order valence-corrected chi connectivity index (χ2v) is 6.76. The topological polar surface area (TPSA) is 35.5 Å². The van der Waals surface area contributed by atoms with Crippen LogP contribution in [0, 0.1) is 5.92 Å². The Balaban J connectivity index is 1.66. The van der Waals surface area contributed by atoms with E-state index in [-0.39, 0.29) is 6.10 Å². The molecule has 0 spiro atoms. The molecule has 0 amide bonds. The lowest BCUT2D eigenvalue weighted by molar-refractivity contribution is -0.163. The van der Waals surface area contributed by atoms with Gasteiger partial charge in [0, 0.05) is 0 Å². The van der Waals surface area contributed by atoms with Crippen molar-refractivity contribution in [3.05, 3.63) is 29.8 Å². The second kappa shape index (κ2) is 10.4. The predicted molar refractivity (Wildman–Crippen MR) is 93.0 cm³/mol. The van der Waals surface area contributed by atoms with E-state index < -0.39 is 12.4 Å². The Bertz CT molecular complexity index is 508. The van der Waals surface area contributed by atoms with Gasteiger partial charge >= 0.3 is 12.4 Å². The Labute approximate surface area is 148 Å². The van der Waals surface area contributed by atoms with Gasteiger partial charge in [0.25, 0.3) is 0 Å². The molecule has 0 aromatic heterocycles. The summed E-state index contributed by atoms with van der Waals surface area (Å²) in [7, 11) is 0. The van der Waals surface area contributed by atoms with E-state index >= 15 is 0 Å². The quantitative estimate of drug-likeness (QED) is 0.454. The molecular formula is C20H28F2O3. The van der Waals surface area contributed by atoms with Crippen LogP contribution in [0.3, 0.4) is 0 Å². The normalized spacial score (nSPS) is 20.5. The van der Waals surface area contributed by atoms with Crippen LogP contribution in [0.2, 0.25) is 0 Å². The number of hydrogen-bond donors (Lipinski definition) is 0. The monoisotopic (exact) mass is 354 g/mol. The fraction of sp³-hybridized carbons (Fsp3) is 0.650. The molecule has 0 aliphatic heterocycles. The van der Waals surface area contributed by atoms with E-state index in [9.17, 15) is 13.6 Å². The number of ether oxygens (including phenoxy) is 2. The zero-order chi connectivity index (χ0) is 18.1. The summed E-state index contributed by atoms with van der Waals surface area (Å²) < 4.78 is 34.9. The average Bonchev–Trinajstić information content (AvgIpc) is 2.62. The molecule has 1 aliphatic carbocycles. The standard InChI is InChI=1S/C20H28F2O3/c1-2-3-14-24-17-10-6-15(7-11-17)4-5-16-8-12-18(13-9-16)25-20(23)19(21)22/h6-7,10-11,16,18-19H,2-5,8-9,12-14H2,1H3. The third-order valence-corrected chi connectivity index (χ3v) is 4.79. The van der Waals surface area contributed by atoms with Crippen molar-refractivity contribution in [3.63, 3.8) is 0 Å². The van der Waals surface area contributed by atoms with Gasteiger partial charge < -0.3 is 9.47 Å². The maximum Gasteiger partial charge on any atom is 0.374 e. The molecule has 1 aliphatic rings. The SMILES string of the molecule is CCCCOc1ccc(CCC2CCC(OC(=O)C(F)F)CC2)cc1. The van der Waals surface area contributed by atoms with Crippen molar-refractivity contribution in [2.45, 2.75) is 70.8 Å². The molecule has 0 bridgehead atoms. The zero-order valence-corrected chi connectivity index (χ0v) is 14.9. The highest BCUT2D eigenvalue weighted by molar-refractivity contribution is 5.72. The second-order valence-electron chi connectivity index (χ2n) is 6.76. The van der Waals surface area contributed by atoms with Gasteiger partial charge in [0.2, 0.25) is 0 Å². The van der Waals surface area contributed by atoms with Crippen LogP contribution in [0.4, 0.5) is 8.78 Å². The number of rotatable bonds is 9. The molecule has 1 fully saturated rings. The van der Waals surface area contributed by atoms with Gasteiger partial charge in [-0.2, -0.15) is 8.78 Å². The number of unbranched alkanes of at least 4 members (excludes halogenated alkanes) is 1. The summed E-state index contributed by atoms with van der Waals surface area (Å²) in [5.74, 6) is 0.102. The summed E-state index contributed by atoms with van der Waals surface area (Å²) in [6.45, 7) is 2.90. The van der Waals surface area contributed by atoms with Crippen molar-refractivity contribution in [2.24, 2.45) is 5.92 Å². The van der Waals surface area contributed by atoms with Crippen molar-refractivity contribution < 1.29 is 23.0 Å². The van der Waals surface area contributed by atoms with Crippen molar-refractivity contribution in [1.29, 1.82) is 0 Å². The molecule has 3 nitrogen and oxygen atoms in total. The van der Waals surface area contributed by atoms with E-state index in [4.69, 9.17) is 9.47 Å². The number of aryl methyl sites for hydroxylation is 1. The van der Waals surface area contributed by atoms with E-state index in [1.54, 1.807) is 0 Å². The summed E-state index contributed by atoms with van der Waals surface area (Å²) in [6.07, 6.45) is 4.15. The minimum absolute atomic E-state index is 0.336. The Hall–Kier alpha value is -1.65. The Kier molecular flexibility index (Phi) is 8.16. The lowest BCUT2D eigenvalue weighted by atomic mass is 9.84. The first-order valence-corrected chi connectivity index (χ1v) is 9.29. The van der Waals surface area contributed by atoms with E-state index in [2.05, 4.69) is 19.1 Å². The third kappa shape index (κ3) is 7.00. The number of esters is 1. The number of carbonyl (C=O) groups is 1. The Morgan fingerprint density at radius 1 is 1.16 bits per heavy atom. The maximum atomic E-state index is 12.2. The van der Waals surface area contributed by atoms with E-state index in [0.717, 1.165) is 50.9 Å². The summed E-state index contributed by atoms with van der Waals surface area (Å²) in [6, 6.07) is 8.26. The molecule has 2 rings (SSSR count). The van der Waals surface area contributed by atoms with Crippen LogP contribution in [0.25, 0.3) is 0 Å². The summed E-state index contributed by atoms with van der Waals surface area (Å²) in [5.41, 5.74) is 1.29. The van der Waals surface area contributed by atoms with Crippen LogP contribution in [0.5, 0.6) is 5.75 Å². The zero-order valence-electron chi connectivity index (χ0n) is 14.9. The maximum absolute atomic E-state index is 12.2. The van der Waals surface area contributed by atoms with Gasteiger partial charge in [-0.3, -0.25) is 0 Å². The van der Waals surface area contributed by atoms with Gasteiger partial charge in [0.15, 0.2) is 0 Å². The van der Waals surface area contributed by atoms with Crippen LogP contribution >= 0.6 is 0 Å². The minimum atomic E-state index is -3.02. The first-order valence-electron chi connectivity index (χ1n) is 9.29. The van der Waals surface area contributed by atoms with Gasteiger partial charge in [-0.15, -0.1) is 0 Å². The predicted octanol–water partition coefficient (Wildman–Crippen LogP) is 5.17. The fourth-order valence-corrected chi connectivity index (χ4v) is 3.21. The van der Waals surface area contributed by atoms with Gasteiger partial charge in [-0.1, -0.05) is 25.5 Å². The molecule has 0 atom stereocenters. The highest BCUT2D eigenvalue weighted by Crippen LogP contribution is 2.30. The number of alkyl halides is 2. The first-order chi connectivity index (χ1) is 12.1. The fourth-order valence-electron chi connectivity index (χ4n) is 3.21. The third-order valence-electron chi connectivity index (χ3n) is 4.79. The Morgan fingerprint density at radius 3 is 2.44 bits per heavy atom. The van der Waals surface area contributed by atoms with Crippen molar-refractivity contribution in [1.82, 2.24) is 0 Å². The molecule has 0 saturated heterocycles. The molecule has 0 unspecified atom stereocenters. The van der Waals surface area contributed by atoms with E-state index in [1.165, 1.54) is 5.56 Å². The molecule has 0 heterocycles. The van der Waals surface area contributed by atoms with E-state index in [1.807, 2.05) is 12.1 Å². The lowest BCUT2D eigenvalue weighted by Crippen LogP contribution is -2.27. The molecule has 1 saturated carbocycles. The summed E-state index contributed by atoms with van der Waals surface area (Å²) in [4.78, 5) is 10.9. The molecular weight excluding hydrogens is 326 g/mol. The van der Waals surface area contributed by atoms with Crippen molar-refractivity contribution in [2.75, 3.05) is 6.61 Å². The van der Waals surface area contributed by atoms with E-state index in [0.29, 0.717) is 18.8 Å². The van der Waals surface area contributed by atoms with Crippen LogP contribution in [0.15, 0.2) is 24.3 Å². The van der Waals surface area contributed by atoms with Gasteiger partial charge in [0.1, 0.15) is 11.9 Å². The molecule has 0 N–H and O–H groups in total. The van der Waals surface area contributed by atoms with Gasteiger partial charge in [0.05, 0.1) is 6.61 Å². The van der Waals surface area contributed by atoms with Crippen LogP contribution in [0.1, 0.15) is 57.4 Å². The average molecular weight is 354 g/mol.